The lowest BCUT2D eigenvalue weighted by Crippen LogP contribution is -2.17. The molecule has 0 heterocycles. The number of carbonyl (C=O) groups excluding carboxylic acids is 1. The van der Waals surface area contributed by atoms with Gasteiger partial charge in [0, 0.05) is 12.6 Å². The first kappa shape index (κ1) is 14.7. The van der Waals surface area contributed by atoms with Crippen molar-refractivity contribution in [2.75, 3.05) is 19.9 Å². The molecule has 2 aromatic rings. The SMILES string of the molecule is CNC(=O)c1ccc(N)c(OCc2cccc(OC)c2)c1. The summed E-state index contributed by atoms with van der Waals surface area (Å²) in [5, 5.41) is 2.56. The van der Waals surface area contributed by atoms with Crippen LogP contribution in [0.2, 0.25) is 0 Å². The highest BCUT2D eigenvalue weighted by molar-refractivity contribution is 5.95. The molecule has 5 nitrogen and oxygen atoms in total. The van der Waals surface area contributed by atoms with Gasteiger partial charge in [0.05, 0.1) is 12.8 Å². The maximum absolute atomic E-state index is 11.6. The Morgan fingerprint density at radius 2 is 2.05 bits per heavy atom. The van der Waals surface area contributed by atoms with Crippen LogP contribution in [0.3, 0.4) is 0 Å². The number of nitrogens with two attached hydrogens (primary N) is 1. The van der Waals surface area contributed by atoms with Crippen molar-refractivity contribution in [2.24, 2.45) is 0 Å². The molecular formula is C16H18N2O3. The maximum Gasteiger partial charge on any atom is 0.251 e. The summed E-state index contributed by atoms with van der Waals surface area (Å²) in [6.45, 7) is 0.346. The van der Waals surface area contributed by atoms with Crippen molar-refractivity contribution >= 4 is 11.6 Å². The zero-order valence-corrected chi connectivity index (χ0v) is 12.1. The highest BCUT2D eigenvalue weighted by Crippen LogP contribution is 2.24. The van der Waals surface area contributed by atoms with Crippen LogP contribution < -0.4 is 20.5 Å². The zero-order valence-electron chi connectivity index (χ0n) is 12.1. The van der Waals surface area contributed by atoms with Crippen LogP contribution >= 0.6 is 0 Å². The van der Waals surface area contributed by atoms with Crippen molar-refractivity contribution < 1.29 is 14.3 Å². The summed E-state index contributed by atoms with van der Waals surface area (Å²) in [6.07, 6.45) is 0. The third-order valence-corrected chi connectivity index (χ3v) is 3.03. The van der Waals surface area contributed by atoms with Crippen LogP contribution in [0.15, 0.2) is 42.5 Å². The van der Waals surface area contributed by atoms with Crippen LogP contribution in [0.4, 0.5) is 5.69 Å². The number of nitrogens with one attached hydrogen (secondary N) is 1. The second kappa shape index (κ2) is 6.65. The molecule has 110 valence electrons. The predicted octanol–water partition coefficient (Wildman–Crippen LogP) is 2.22. The molecule has 2 rings (SSSR count). The van der Waals surface area contributed by atoms with Crippen LogP contribution in [-0.2, 0) is 6.61 Å². The number of rotatable bonds is 5. The van der Waals surface area contributed by atoms with Crippen molar-refractivity contribution in [1.82, 2.24) is 5.32 Å². The Balaban J connectivity index is 2.13. The highest BCUT2D eigenvalue weighted by atomic mass is 16.5. The molecule has 0 aliphatic heterocycles. The third-order valence-electron chi connectivity index (χ3n) is 3.03. The first-order valence-corrected chi connectivity index (χ1v) is 6.51. The molecular weight excluding hydrogens is 268 g/mol. The number of ether oxygens (including phenoxy) is 2. The van der Waals surface area contributed by atoms with Crippen molar-refractivity contribution in [3.05, 3.63) is 53.6 Å². The molecule has 0 aromatic heterocycles. The van der Waals surface area contributed by atoms with Crippen LogP contribution in [0.1, 0.15) is 15.9 Å². The van der Waals surface area contributed by atoms with E-state index in [1.807, 2.05) is 24.3 Å². The minimum atomic E-state index is -0.179. The van der Waals surface area contributed by atoms with Crippen LogP contribution in [0.5, 0.6) is 11.5 Å². The third kappa shape index (κ3) is 3.66. The van der Waals surface area contributed by atoms with E-state index in [1.165, 1.54) is 0 Å². The molecule has 0 saturated heterocycles. The average molecular weight is 286 g/mol. The number of anilines is 1. The number of methoxy groups -OCH3 is 1. The molecule has 0 aliphatic carbocycles. The molecule has 0 bridgehead atoms. The molecule has 1 amide bonds. The first-order chi connectivity index (χ1) is 10.1. The van der Waals surface area contributed by atoms with Crippen LogP contribution in [0.25, 0.3) is 0 Å². The maximum atomic E-state index is 11.6. The highest BCUT2D eigenvalue weighted by Gasteiger charge is 2.08. The number of hydrogen-bond acceptors (Lipinski definition) is 4. The molecule has 0 atom stereocenters. The zero-order chi connectivity index (χ0) is 15.2. The Labute approximate surface area is 123 Å². The average Bonchev–Trinajstić information content (AvgIpc) is 2.53. The van der Waals surface area contributed by atoms with Gasteiger partial charge in [-0.3, -0.25) is 4.79 Å². The molecule has 0 fully saturated rings. The number of hydrogen-bond donors (Lipinski definition) is 2. The summed E-state index contributed by atoms with van der Waals surface area (Å²) in [5.74, 6) is 1.07. The van der Waals surface area contributed by atoms with Crippen molar-refractivity contribution in [3.8, 4) is 11.5 Å². The first-order valence-electron chi connectivity index (χ1n) is 6.51. The minimum Gasteiger partial charge on any atom is -0.497 e. The van der Waals surface area contributed by atoms with Gasteiger partial charge in [0.25, 0.3) is 5.91 Å². The molecule has 3 N–H and O–H groups in total. The fourth-order valence-corrected chi connectivity index (χ4v) is 1.87. The summed E-state index contributed by atoms with van der Waals surface area (Å²) >= 11 is 0. The van der Waals surface area contributed by atoms with Gasteiger partial charge in [-0.25, -0.2) is 0 Å². The fourth-order valence-electron chi connectivity index (χ4n) is 1.87. The monoisotopic (exact) mass is 286 g/mol. The van der Waals surface area contributed by atoms with Crippen molar-refractivity contribution in [1.29, 1.82) is 0 Å². The number of amides is 1. The Morgan fingerprint density at radius 3 is 2.76 bits per heavy atom. The van der Waals surface area contributed by atoms with Gasteiger partial charge in [0.1, 0.15) is 18.1 Å². The topological polar surface area (TPSA) is 73.6 Å². The largest absolute Gasteiger partial charge is 0.497 e. The lowest BCUT2D eigenvalue weighted by molar-refractivity contribution is 0.0962. The van der Waals surface area contributed by atoms with E-state index in [4.69, 9.17) is 15.2 Å². The van der Waals surface area contributed by atoms with Gasteiger partial charge in [0.15, 0.2) is 0 Å². The van der Waals surface area contributed by atoms with E-state index in [9.17, 15) is 4.79 Å². The van der Waals surface area contributed by atoms with E-state index in [2.05, 4.69) is 5.32 Å². The van der Waals surface area contributed by atoms with Crippen molar-refractivity contribution in [3.63, 3.8) is 0 Å². The Morgan fingerprint density at radius 1 is 1.24 bits per heavy atom. The van der Waals surface area contributed by atoms with E-state index in [0.717, 1.165) is 11.3 Å². The quantitative estimate of drug-likeness (QED) is 0.827. The normalized spacial score (nSPS) is 10.0. The van der Waals surface area contributed by atoms with E-state index >= 15 is 0 Å². The summed E-state index contributed by atoms with van der Waals surface area (Å²) in [7, 11) is 3.19. The van der Waals surface area contributed by atoms with E-state index in [-0.39, 0.29) is 5.91 Å². The minimum absolute atomic E-state index is 0.179. The summed E-state index contributed by atoms with van der Waals surface area (Å²) in [5.41, 5.74) is 7.83. The van der Waals surface area contributed by atoms with Gasteiger partial charge >= 0.3 is 0 Å². The van der Waals surface area contributed by atoms with Gasteiger partial charge in [-0.05, 0) is 35.9 Å². The Hall–Kier alpha value is -2.69. The van der Waals surface area contributed by atoms with Gasteiger partial charge in [-0.15, -0.1) is 0 Å². The van der Waals surface area contributed by atoms with Gasteiger partial charge in [-0.1, -0.05) is 12.1 Å². The molecule has 0 saturated carbocycles. The predicted molar refractivity (Wildman–Crippen MR) is 81.6 cm³/mol. The van der Waals surface area contributed by atoms with Crippen LogP contribution in [0, 0.1) is 0 Å². The Bertz CT molecular complexity index is 641. The van der Waals surface area contributed by atoms with E-state index < -0.39 is 0 Å². The van der Waals surface area contributed by atoms with Gasteiger partial charge in [0.2, 0.25) is 0 Å². The second-order valence-corrected chi connectivity index (χ2v) is 4.47. The number of carbonyl (C=O) groups is 1. The molecule has 2 aromatic carbocycles. The number of nitrogen functional groups attached to an aromatic ring is 1. The molecule has 0 aliphatic rings. The lowest BCUT2D eigenvalue weighted by atomic mass is 10.1. The summed E-state index contributed by atoms with van der Waals surface area (Å²) < 4.78 is 10.9. The molecule has 0 unspecified atom stereocenters. The lowest BCUT2D eigenvalue weighted by Gasteiger charge is -2.11. The summed E-state index contributed by atoms with van der Waals surface area (Å²) in [6, 6.07) is 12.5. The summed E-state index contributed by atoms with van der Waals surface area (Å²) in [4.78, 5) is 11.6. The molecule has 21 heavy (non-hydrogen) atoms. The molecule has 5 heteroatoms. The smallest absolute Gasteiger partial charge is 0.251 e. The Kier molecular flexibility index (Phi) is 4.66. The van der Waals surface area contributed by atoms with Gasteiger partial charge < -0.3 is 20.5 Å². The molecule has 0 spiro atoms. The van der Waals surface area contributed by atoms with E-state index in [1.54, 1.807) is 32.4 Å². The van der Waals surface area contributed by atoms with Crippen LogP contribution in [-0.4, -0.2) is 20.1 Å². The fraction of sp³-hybridized carbons (Fsp3) is 0.188. The van der Waals surface area contributed by atoms with E-state index in [0.29, 0.717) is 23.6 Å². The standard InChI is InChI=1S/C16H18N2O3/c1-18-16(19)12-6-7-14(17)15(9-12)21-10-11-4-3-5-13(8-11)20-2/h3-9H,10,17H2,1-2H3,(H,18,19). The van der Waals surface area contributed by atoms with Gasteiger partial charge in [-0.2, -0.15) is 0 Å². The number of benzene rings is 2. The molecule has 0 radical (unpaired) electrons. The van der Waals surface area contributed by atoms with Crippen molar-refractivity contribution in [2.45, 2.75) is 6.61 Å². The second-order valence-electron chi connectivity index (χ2n) is 4.47.